The average molecular weight is 209 g/mol. The summed E-state index contributed by atoms with van der Waals surface area (Å²) >= 11 is 0. The van der Waals surface area contributed by atoms with Crippen LogP contribution in [0.25, 0.3) is 0 Å². The predicted octanol–water partition coefficient (Wildman–Crippen LogP) is 3.54. The van der Waals surface area contributed by atoms with Crippen LogP contribution in [0.15, 0.2) is 0 Å². The Bertz CT molecular complexity index is 212. The third-order valence-electron chi connectivity index (χ3n) is 4.69. The summed E-state index contributed by atoms with van der Waals surface area (Å²) in [4.78, 5) is 2.78. The molecule has 1 saturated heterocycles. The lowest BCUT2D eigenvalue weighted by Crippen LogP contribution is -2.50. The van der Waals surface area contributed by atoms with Crippen LogP contribution in [0.4, 0.5) is 0 Å². The normalized spacial score (nSPS) is 35.2. The lowest BCUT2D eigenvalue weighted by atomic mass is 9.70. The van der Waals surface area contributed by atoms with Gasteiger partial charge in [0, 0.05) is 12.6 Å². The van der Waals surface area contributed by atoms with Crippen LogP contribution in [-0.2, 0) is 0 Å². The summed E-state index contributed by atoms with van der Waals surface area (Å²) in [5.74, 6) is 1.81. The minimum Gasteiger partial charge on any atom is -0.300 e. The number of nitrogens with zero attached hydrogens (tertiary/aromatic N) is 1. The molecule has 0 bridgehead atoms. The van der Waals surface area contributed by atoms with Crippen molar-refractivity contribution in [1.29, 1.82) is 0 Å². The van der Waals surface area contributed by atoms with E-state index in [1.165, 1.54) is 38.8 Å². The first-order valence-electron chi connectivity index (χ1n) is 6.72. The van der Waals surface area contributed by atoms with Crippen molar-refractivity contribution in [3.05, 3.63) is 0 Å². The second-order valence-corrected chi connectivity index (χ2v) is 6.82. The van der Waals surface area contributed by atoms with Gasteiger partial charge in [-0.1, -0.05) is 34.1 Å². The number of likely N-dealkylation sites (tertiary alicyclic amines) is 1. The first kappa shape index (κ1) is 11.4. The Kier molecular flexibility index (Phi) is 3.12. The van der Waals surface area contributed by atoms with Gasteiger partial charge in [0.25, 0.3) is 0 Å². The lowest BCUT2D eigenvalue weighted by molar-refractivity contribution is 0.00895. The highest BCUT2D eigenvalue weighted by Gasteiger charge is 2.37. The molecule has 2 fully saturated rings. The second kappa shape index (κ2) is 4.08. The van der Waals surface area contributed by atoms with Crippen molar-refractivity contribution in [1.82, 2.24) is 4.90 Å². The molecule has 0 spiro atoms. The summed E-state index contributed by atoms with van der Waals surface area (Å²) in [7, 11) is 0. The van der Waals surface area contributed by atoms with E-state index in [2.05, 4.69) is 32.6 Å². The summed E-state index contributed by atoms with van der Waals surface area (Å²) < 4.78 is 0. The molecule has 2 unspecified atom stereocenters. The molecule has 1 nitrogen and oxygen atoms in total. The van der Waals surface area contributed by atoms with Crippen LogP contribution >= 0.6 is 0 Å². The van der Waals surface area contributed by atoms with Gasteiger partial charge in [0.2, 0.25) is 0 Å². The highest BCUT2D eigenvalue weighted by molar-refractivity contribution is 4.90. The van der Waals surface area contributed by atoms with Crippen molar-refractivity contribution >= 4 is 0 Å². The summed E-state index contributed by atoms with van der Waals surface area (Å²) in [6, 6.07) is 0.947. The molecule has 1 saturated carbocycles. The molecule has 1 heterocycles. The van der Waals surface area contributed by atoms with Crippen molar-refractivity contribution in [3.63, 3.8) is 0 Å². The molecule has 88 valence electrons. The van der Waals surface area contributed by atoms with Crippen molar-refractivity contribution in [2.45, 2.75) is 59.4 Å². The van der Waals surface area contributed by atoms with Gasteiger partial charge in [-0.3, -0.25) is 0 Å². The van der Waals surface area contributed by atoms with Crippen molar-refractivity contribution in [2.24, 2.45) is 17.3 Å². The third kappa shape index (κ3) is 2.38. The Morgan fingerprint density at radius 1 is 1.07 bits per heavy atom. The van der Waals surface area contributed by atoms with E-state index in [1.807, 2.05) is 0 Å². The summed E-state index contributed by atoms with van der Waals surface area (Å²) in [6.07, 6.45) is 5.81. The molecule has 2 aliphatic rings. The minimum atomic E-state index is 0.488. The van der Waals surface area contributed by atoms with E-state index in [0.717, 1.165) is 17.9 Å². The number of piperidine rings is 1. The van der Waals surface area contributed by atoms with Gasteiger partial charge in [-0.15, -0.1) is 0 Å². The molecule has 0 N–H and O–H groups in total. The molecule has 0 aromatic rings. The SMILES string of the molecule is CC1CCN(C2CCC2)CC1C(C)(C)C. The molecule has 2 rings (SSSR count). The van der Waals surface area contributed by atoms with Gasteiger partial charge >= 0.3 is 0 Å². The van der Waals surface area contributed by atoms with E-state index in [1.54, 1.807) is 0 Å². The Hall–Kier alpha value is -0.0400. The molecule has 0 aromatic heterocycles. The van der Waals surface area contributed by atoms with Gasteiger partial charge in [-0.05, 0) is 43.1 Å². The third-order valence-corrected chi connectivity index (χ3v) is 4.69. The fourth-order valence-electron chi connectivity index (χ4n) is 3.31. The van der Waals surface area contributed by atoms with Gasteiger partial charge in [-0.2, -0.15) is 0 Å². The van der Waals surface area contributed by atoms with Gasteiger partial charge in [0.05, 0.1) is 0 Å². The largest absolute Gasteiger partial charge is 0.300 e. The molecule has 2 atom stereocenters. The highest BCUT2D eigenvalue weighted by atomic mass is 15.2. The number of hydrogen-bond donors (Lipinski definition) is 0. The van der Waals surface area contributed by atoms with Crippen molar-refractivity contribution in [2.75, 3.05) is 13.1 Å². The van der Waals surface area contributed by atoms with Crippen LogP contribution in [0.2, 0.25) is 0 Å². The first-order chi connectivity index (χ1) is 6.98. The molecule has 1 aliphatic heterocycles. The fraction of sp³-hybridized carbons (Fsp3) is 1.00. The molecule has 0 amide bonds. The minimum absolute atomic E-state index is 0.488. The van der Waals surface area contributed by atoms with Gasteiger partial charge < -0.3 is 4.90 Å². The maximum Gasteiger partial charge on any atom is 0.00954 e. The number of hydrogen-bond acceptors (Lipinski definition) is 1. The first-order valence-corrected chi connectivity index (χ1v) is 6.72. The predicted molar refractivity (Wildman–Crippen MR) is 65.9 cm³/mol. The standard InChI is InChI=1S/C14H27N/c1-11-8-9-15(12-6-5-7-12)10-13(11)14(2,3)4/h11-13H,5-10H2,1-4H3. The maximum atomic E-state index is 2.78. The monoisotopic (exact) mass is 209 g/mol. The van der Waals surface area contributed by atoms with Crippen molar-refractivity contribution < 1.29 is 0 Å². The summed E-state index contributed by atoms with van der Waals surface area (Å²) in [5.41, 5.74) is 0.488. The van der Waals surface area contributed by atoms with Crippen LogP contribution in [0.1, 0.15) is 53.4 Å². The smallest absolute Gasteiger partial charge is 0.00954 e. The fourth-order valence-corrected chi connectivity index (χ4v) is 3.31. The zero-order chi connectivity index (χ0) is 11.1. The van der Waals surface area contributed by atoms with Gasteiger partial charge in [-0.25, -0.2) is 0 Å². The molecular formula is C14H27N. The summed E-state index contributed by atoms with van der Waals surface area (Å²) in [5, 5.41) is 0. The van der Waals surface area contributed by atoms with E-state index >= 15 is 0 Å². The van der Waals surface area contributed by atoms with Crippen LogP contribution < -0.4 is 0 Å². The van der Waals surface area contributed by atoms with Crippen molar-refractivity contribution in [3.8, 4) is 0 Å². The van der Waals surface area contributed by atoms with Crippen LogP contribution in [0.5, 0.6) is 0 Å². The maximum absolute atomic E-state index is 2.78. The van der Waals surface area contributed by atoms with E-state index in [9.17, 15) is 0 Å². The average Bonchev–Trinajstić information content (AvgIpc) is 2.03. The molecule has 15 heavy (non-hydrogen) atoms. The molecule has 1 heteroatoms. The second-order valence-electron chi connectivity index (χ2n) is 6.82. The summed E-state index contributed by atoms with van der Waals surface area (Å²) in [6.45, 7) is 12.4. The molecule has 0 radical (unpaired) electrons. The van der Waals surface area contributed by atoms with E-state index in [-0.39, 0.29) is 0 Å². The van der Waals surface area contributed by atoms with E-state index < -0.39 is 0 Å². The van der Waals surface area contributed by atoms with Crippen LogP contribution in [0, 0.1) is 17.3 Å². The zero-order valence-electron chi connectivity index (χ0n) is 10.9. The Labute approximate surface area is 95.2 Å². The Morgan fingerprint density at radius 3 is 2.20 bits per heavy atom. The number of rotatable bonds is 1. The van der Waals surface area contributed by atoms with E-state index in [4.69, 9.17) is 0 Å². The molecule has 1 aliphatic carbocycles. The van der Waals surface area contributed by atoms with E-state index in [0.29, 0.717) is 5.41 Å². The topological polar surface area (TPSA) is 3.24 Å². The van der Waals surface area contributed by atoms with Gasteiger partial charge in [0.15, 0.2) is 0 Å². The lowest BCUT2D eigenvalue weighted by Gasteiger charge is -2.48. The van der Waals surface area contributed by atoms with Crippen LogP contribution in [-0.4, -0.2) is 24.0 Å². The molecule has 0 aromatic carbocycles. The Morgan fingerprint density at radius 2 is 1.73 bits per heavy atom. The zero-order valence-corrected chi connectivity index (χ0v) is 10.9. The van der Waals surface area contributed by atoms with Crippen LogP contribution in [0.3, 0.4) is 0 Å². The van der Waals surface area contributed by atoms with Gasteiger partial charge in [0.1, 0.15) is 0 Å². The highest BCUT2D eigenvalue weighted by Crippen LogP contribution is 2.39. The Balaban J connectivity index is 1.97. The quantitative estimate of drug-likeness (QED) is 0.638. The molecular weight excluding hydrogens is 182 g/mol.